The van der Waals surface area contributed by atoms with Crippen LogP contribution in [0.4, 0.5) is 5.69 Å². The summed E-state index contributed by atoms with van der Waals surface area (Å²) in [5.74, 6) is 0.228. The Labute approximate surface area is 176 Å². The molecule has 4 rings (SSSR count). The Balaban J connectivity index is 1.58. The van der Waals surface area contributed by atoms with Crippen molar-refractivity contribution in [1.29, 1.82) is 0 Å². The molecule has 2 saturated heterocycles. The molecule has 2 aromatic rings. The van der Waals surface area contributed by atoms with Crippen LogP contribution in [0.2, 0.25) is 0 Å². The Morgan fingerprint density at radius 3 is 2.66 bits per heavy atom. The van der Waals surface area contributed by atoms with E-state index in [9.17, 15) is 13.5 Å². The van der Waals surface area contributed by atoms with Crippen LogP contribution in [-0.4, -0.2) is 80.8 Å². The number of thiophene rings is 1. The number of morpholine rings is 1. The maximum absolute atomic E-state index is 13.1. The molecule has 2 fully saturated rings. The number of hydrogen-bond donors (Lipinski definition) is 1. The van der Waals surface area contributed by atoms with E-state index in [1.807, 2.05) is 12.1 Å². The van der Waals surface area contributed by atoms with E-state index in [2.05, 4.69) is 16.7 Å². The van der Waals surface area contributed by atoms with Gasteiger partial charge >= 0.3 is 0 Å². The molecule has 29 heavy (non-hydrogen) atoms. The van der Waals surface area contributed by atoms with Crippen molar-refractivity contribution in [3.63, 3.8) is 0 Å². The number of phenolic OH excluding ortho intramolecular Hbond substituents is 1. The molecule has 158 valence electrons. The van der Waals surface area contributed by atoms with E-state index < -0.39 is 10.0 Å². The highest BCUT2D eigenvalue weighted by Gasteiger charge is 2.36. The first kappa shape index (κ1) is 20.6. The van der Waals surface area contributed by atoms with Gasteiger partial charge in [-0.2, -0.15) is 4.31 Å². The molecule has 0 amide bonds. The van der Waals surface area contributed by atoms with E-state index in [0.717, 1.165) is 18.8 Å². The maximum atomic E-state index is 13.1. The second-order valence-electron chi connectivity index (χ2n) is 7.58. The zero-order valence-electron chi connectivity index (χ0n) is 16.5. The third kappa shape index (κ3) is 4.44. The number of rotatable bonds is 5. The average molecular weight is 438 g/mol. The predicted octanol–water partition coefficient (Wildman–Crippen LogP) is 2.05. The highest BCUT2D eigenvalue weighted by Crippen LogP contribution is 2.28. The van der Waals surface area contributed by atoms with Crippen LogP contribution in [0.1, 0.15) is 6.92 Å². The van der Waals surface area contributed by atoms with E-state index >= 15 is 0 Å². The van der Waals surface area contributed by atoms with Crippen LogP contribution in [0.5, 0.6) is 5.75 Å². The van der Waals surface area contributed by atoms with Gasteiger partial charge in [-0.25, -0.2) is 8.42 Å². The fourth-order valence-electron chi connectivity index (χ4n) is 4.03. The summed E-state index contributed by atoms with van der Waals surface area (Å²) in [5, 5.41) is 11.4. The lowest BCUT2D eigenvalue weighted by Crippen LogP contribution is -2.60. The maximum Gasteiger partial charge on any atom is 0.252 e. The molecule has 9 heteroatoms. The van der Waals surface area contributed by atoms with Gasteiger partial charge < -0.3 is 14.7 Å². The van der Waals surface area contributed by atoms with Gasteiger partial charge in [-0.05, 0) is 42.6 Å². The van der Waals surface area contributed by atoms with Crippen LogP contribution >= 0.6 is 11.3 Å². The van der Waals surface area contributed by atoms with Crippen LogP contribution in [0.25, 0.3) is 0 Å². The van der Waals surface area contributed by atoms with Gasteiger partial charge in [0.2, 0.25) is 0 Å². The second kappa shape index (κ2) is 8.61. The zero-order valence-corrected chi connectivity index (χ0v) is 18.1. The lowest BCUT2D eigenvalue weighted by Gasteiger charge is -2.45. The Morgan fingerprint density at radius 1 is 1.17 bits per heavy atom. The smallest absolute Gasteiger partial charge is 0.252 e. The number of nitrogens with zero attached hydrogens (tertiary/aromatic N) is 3. The molecule has 1 N–H and O–H groups in total. The number of ether oxygens (including phenoxy) is 1. The standard InChI is InChI=1S/C20H27N3O4S2/c1-16-15-27-11-10-21(16)13-18-14-22(29(25,26)20-3-2-12-28-20)8-9-23(18)17-4-6-19(24)7-5-17/h2-7,12,16,18,24H,8-11,13-15H2,1H3/t16-,18+/m0/s1. The molecule has 2 aliphatic heterocycles. The molecule has 0 bridgehead atoms. The number of phenols is 1. The van der Waals surface area contributed by atoms with Crippen molar-refractivity contribution in [2.75, 3.05) is 50.8 Å². The van der Waals surface area contributed by atoms with Gasteiger partial charge in [0.05, 0.1) is 19.3 Å². The fraction of sp³-hybridized carbons (Fsp3) is 0.500. The monoisotopic (exact) mass is 437 g/mol. The highest BCUT2D eigenvalue weighted by molar-refractivity contribution is 7.91. The van der Waals surface area contributed by atoms with Crippen molar-refractivity contribution < 1.29 is 18.3 Å². The molecule has 1 aromatic carbocycles. The predicted molar refractivity (Wildman–Crippen MR) is 114 cm³/mol. The molecule has 2 atom stereocenters. The molecule has 0 saturated carbocycles. The minimum absolute atomic E-state index is 0.0172. The number of sulfonamides is 1. The lowest BCUT2D eigenvalue weighted by atomic mass is 10.1. The van der Waals surface area contributed by atoms with E-state index in [1.54, 1.807) is 34.0 Å². The number of piperazine rings is 1. The summed E-state index contributed by atoms with van der Waals surface area (Å²) in [6.45, 7) is 6.64. The quantitative estimate of drug-likeness (QED) is 0.772. The van der Waals surface area contributed by atoms with Gasteiger partial charge in [-0.15, -0.1) is 11.3 Å². The Morgan fingerprint density at radius 2 is 1.97 bits per heavy atom. The van der Waals surface area contributed by atoms with E-state index in [4.69, 9.17) is 4.74 Å². The molecule has 2 aliphatic rings. The molecular weight excluding hydrogens is 410 g/mol. The summed E-state index contributed by atoms with van der Waals surface area (Å²) in [5.41, 5.74) is 1.00. The molecule has 0 aliphatic carbocycles. The van der Waals surface area contributed by atoms with Gasteiger partial charge in [0.1, 0.15) is 9.96 Å². The van der Waals surface area contributed by atoms with Crippen LogP contribution in [0, 0.1) is 0 Å². The molecule has 0 spiro atoms. The first-order valence-corrected chi connectivity index (χ1v) is 12.2. The molecule has 0 radical (unpaired) electrons. The van der Waals surface area contributed by atoms with Crippen molar-refractivity contribution in [2.45, 2.75) is 23.2 Å². The van der Waals surface area contributed by atoms with E-state index in [1.165, 1.54) is 11.3 Å². The largest absolute Gasteiger partial charge is 0.508 e. The SMILES string of the molecule is C[C@H]1COCCN1C[C@@H]1CN(S(=O)(=O)c2cccs2)CCN1c1ccc(O)cc1. The number of aromatic hydroxyl groups is 1. The minimum Gasteiger partial charge on any atom is -0.508 e. The number of anilines is 1. The summed E-state index contributed by atoms with van der Waals surface area (Å²) < 4.78 is 33.8. The third-order valence-corrected chi connectivity index (χ3v) is 8.90. The number of benzene rings is 1. The molecule has 1 aromatic heterocycles. The molecule has 3 heterocycles. The van der Waals surface area contributed by atoms with Gasteiger partial charge in [0.15, 0.2) is 0 Å². The summed E-state index contributed by atoms with van der Waals surface area (Å²) in [6.07, 6.45) is 0. The van der Waals surface area contributed by atoms with Crippen LogP contribution < -0.4 is 4.90 Å². The van der Waals surface area contributed by atoms with Gasteiger partial charge in [0.25, 0.3) is 10.0 Å². The van der Waals surface area contributed by atoms with Gasteiger partial charge in [0, 0.05) is 44.5 Å². The van der Waals surface area contributed by atoms with Crippen molar-refractivity contribution in [1.82, 2.24) is 9.21 Å². The average Bonchev–Trinajstić information content (AvgIpc) is 3.26. The third-order valence-electron chi connectivity index (χ3n) is 5.67. The normalized spacial score (nSPS) is 24.7. The lowest BCUT2D eigenvalue weighted by molar-refractivity contribution is -0.00446. The summed E-state index contributed by atoms with van der Waals surface area (Å²) in [6, 6.07) is 10.9. The Hall–Kier alpha value is -1.65. The second-order valence-corrected chi connectivity index (χ2v) is 10.7. The first-order valence-electron chi connectivity index (χ1n) is 9.86. The summed E-state index contributed by atoms with van der Waals surface area (Å²) in [4.78, 5) is 4.64. The van der Waals surface area contributed by atoms with Crippen LogP contribution in [0.15, 0.2) is 46.0 Å². The number of hydrogen-bond acceptors (Lipinski definition) is 7. The Bertz CT molecular complexity index is 902. The van der Waals surface area contributed by atoms with Gasteiger partial charge in [-0.1, -0.05) is 6.07 Å². The van der Waals surface area contributed by atoms with E-state index in [-0.39, 0.29) is 11.8 Å². The Kier molecular flexibility index (Phi) is 6.12. The van der Waals surface area contributed by atoms with Crippen molar-refractivity contribution >= 4 is 27.0 Å². The molecular formula is C20H27N3O4S2. The minimum atomic E-state index is -3.48. The molecule has 7 nitrogen and oxygen atoms in total. The molecule has 0 unspecified atom stereocenters. The van der Waals surface area contributed by atoms with Crippen molar-refractivity contribution in [3.8, 4) is 5.75 Å². The van der Waals surface area contributed by atoms with Crippen molar-refractivity contribution in [2.24, 2.45) is 0 Å². The van der Waals surface area contributed by atoms with Gasteiger partial charge in [-0.3, -0.25) is 4.90 Å². The van der Waals surface area contributed by atoms with Crippen LogP contribution in [-0.2, 0) is 14.8 Å². The van der Waals surface area contributed by atoms with E-state index in [0.29, 0.717) is 43.1 Å². The fourth-order valence-corrected chi connectivity index (χ4v) is 6.64. The topological polar surface area (TPSA) is 73.3 Å². The van der Waals surface area contributed by atoms with Crippen molar-refractivity contribution in [3.05, 3.63) is 41.8 Å². The zero-order chi connectivity index (χ0) is 20.4. The summed E-state index contributed by atoms with van der Waals surface area (Å²) in [7, 11) is -3.48. The highest BCUT2D eigenvalue weighted by atomic mass is 32.2. The van der Waals surface area contributed by atoms with Crippen LogP contribution in [0.3, 0.4) is 0 Å². The summed E-state index contributed by atoms with van der Waals surface area (Å²) >= 11 is 1.26. The first-order chi connectivity index (χ1) is 13.9.